The Morgan fingerprint density at radius 2 is 2.00 bits per heavy atom. The van der Waals surface area contributed by atoms with Crippen LogP contribution in [-0.2, 0) is 6.42 Å². The van der Waals surface area contributed by atoms with Crippen LogP contribution in [0.4, 0.5) is 0 Å². The highest BCUT2D eigenvalue weighted by Crippen LogP contribution is 2.11. The highest BCUT2D eigenvalue weighted by atomic mass is 35.5. The summed E-state index contributed by atoms with van der Waals surface area (Å²) in [5, 5.41) is 6.81. The van der Waals surface area contributed by atoms with Crippen molar-refractivity contribution in [2.75, 3.05) is 0 Å². The fraction of sp³-hybridized carbons (Fsp3) is 0.182. The van der Waals surface area contributed by atoms with Crippen LogP contribution in [0.5, 0.6) is 0 Å². The molecule has 0 saturated heterocycles. The summed E-state index contributed by atoms with van der Waals surface area (Å²) in [6, 6.07) is 7.33. The molecule has 2 rings (SSSR count). The number of H-pyrrole nitrogens is 1. The van der Waals surface area contributed by atoms with Gasteiger partial charge in [-0.15, -0.1) is 0 Å². The zero-order valence-corrected chi connectivity index (χ0v) is 9.45. The van der Waals surface area contributed by atoms with Crippen LogP contribution in [0, 0.1) is 6.92 Å². The van der Waals surface area contributed by atoms with E-state index in [0.717, 1.165) is 5.56 Å². The number of aromatic nitrogens is 3. The van der Waals surface area contributed by atoms with E-state index in [0.29, 0.717) is 23.0 Å². The lowest BCUT2D eigenvalue weighted by atomic mass is 10.1. The second-order valence-corrected chi connectivity index (χ2v) is 3.90. The van der Waals surface area contributed by atoms with Crippen LogP contribution in [-0.4, -0.2) is 15.2 Å². The summed E-state index contributed by atoms with van der Waals surface area (Å²) in [5.74, 6) is 0.559. The Morgan fingerprint density at radius 1 is 1.31 bits per heavy atom. The number of hydrogen-bond donors (Lipinski definition) is 1. The number of aromatic amines is 1. The molecule has 0 aliphatic heterocycles. The lowest BCUT2D eigenvalue weighted by Gasteiger charge is -2.00. The summed E-state index contributed by atoms with van der Waals surface area (Å²) >= 11 is 5.78. The Kier molecular flexibility index (Phi) is 3.01. The van der Waals surface area contributed by atoms with E-state index in [-0.39, 0.29) is 5.56 Å². The molecule has 0 fully saturated rings. The minimum atomic E-state index is -0.249. The maximum absolute atomic E-state index is 11.4. The van der Waals surface area contributed by atoms with Crippen molar-refractivity contribution < 1.29 is 0 Å². The van der Waals surface area contributed by atoms with Gasteiger partial charge in [0, 0.05) is 11.4 Å². The molecule has 0 radical (unpaired) electrons. The van der Waals surface area contributed by atoms with E-state index >= 15 is 0 Å². The zero-order chi connectivity index (χ0) is 11.5. The van der Waals surface area contributed by atoms with Gasteiger partial charge in [0.2, 0.25) is 0 Å². The molecule has 16 heavy (non-hydrogen) atoms. The summed E-state index contributed by atoms with van der Waals surface area (Å²) in [4.78, 5) is 15.5. The Labute approximate surface area is 97.3 Å². The van der Waals surface area contributed by atoms with Gasteiger partial charge in [-0.3, -0.25) is 4.79 Å². The minimum absolute atomic E-state index is 0.249. The van der Waals surface area contributed by atoms with Gasteiger partial charge in [0.25, 0.3) is 5.56 Å². The third kappa shape index (κ3) is 2.46. The van der Waals surface area contributed by atoms with Gasteiger partial charge in [-0.1, -0.05) is 23.7 Å². The van der Waals surface area contributed by atoms with E-state index in [1.165, 1.54) is 0 Å². The van der Waals surface area contributed by atoms with Crippen LogP contribution in [0.1, 0.15) is 17.1 Å². The van der Waals surface area contributed by atoms with Crippen molar-refractivity contribution in [3.8, 4) is 0 Å². The van der Waals surface area contributed by atoms with E-state index in [2.05, 4.69) is 15.2 Å². The maximum atomic E-state index is 11.4. The summed E-state index contributed by atoms with van der Waals surface area (Å²) in [5.41, 5.74) is 1.21. The molecule has 0 saturated carbocycles. The SMILES string of the molecule is Cc1n[nH]c(=O)c(Cc2ccc(Cl)cc2)n1. The van der Waals surface area contributed by atoms with Gasteiger partial charge in [0.15, 0.2) is 0 Å². The molecule has 1 aromatic carbocycles. The first-order chi connectivity index (χ1) is 7.65. The normalized spacial score (nSPS) is 10.4. The second-order valence-electron chi connectivity index (χ2n) is 3.46. The van der Waals surface area contributed by atoms with Crippen molar-refractivity contribution in [1.82, 2.24) is 15.2 Å². The Balaban J connectivity index is 2.30. The number of halogens is 1. The number of nitrogens with one attached hydrogen (secondary N) is 1. The van der Waals surface area contributed by atoms with Crippen LogP contribution in [0.15, 0.2) is 29.1 Å². The molecule has 0 aliphatic carbocycles. The van der Waals surface area contributed by atoms with Gasteiger partial charge in [0.1, 0.15) is 11.5 Å². The van der Waals surface area contributed by atoms with Gasteiger partial charge in [-0.25, -0.2) is 10.1 Å². The third-order valence-corrected chi connectivity index (χ3v) is 2.41. The predicted molar refractivity (Wildman–Crippen MR) is 61.6 cm³/mol. The van der Waals surface area contributed by atoms with Crippen LogP contribution in [0.25, 0.3) is 0 Å². The van der Waals surface area contributed by atoms with Crippen molar-refractivity contribution in [3.05, 3.63) is 56.7 Å². The molecule has 0 aliphatic rings. The molecule has 5 heteroatoms. The molecular weight excluding hydrogens is 226 g/mol. The summed E-state index contributed by atoms with van der Waals surface area (Å²) in [6.45, 7) is 1.74. The molecule has 4 nitrogen and oxygen atoms in total. The first kappa shape index (κ1) is 10.8. The number of aryl methyl sites for hydroxylation is 1. The van der Waals surface area contributed by atoms with E-state index in [9.17, 15) is 4.79 Å². The molecule has 1 heterocycles. The number of hydrogen-bond acceptors (Lipinski definition) is 3. The van der Waals surface area contributed by atoms with E-state index in [1.807, 2.05) is 12.1 Å². The summed E-state index contributed by atoms with van der Waals surface area (Å²) in [7, 11) is 0. The number of rotatable bonds is 2. The van der Waals surface area contributed by atoms with Crippen LogP contribution >= 0.6 is 11.6 Å². The Morgan fingerprint density at radius 3 is 2.69 bits per heavy atom. The first-order valence-electron chi connectivity index (χ1n) is 4.82. The van der Waals surface area contributed by atoms with Gasteiger partial charge >= 0.3 is 0 Å². The van der Waals surface area contributed by atoms with E-state index in [4.69, 9.17) is 11.6 Å². The smallest absolute Gasteiger partial charge is 0.266 e. The molecule has 0 spiro atoms. The molecule has 0 atom stereocenters. The van der Waals surface area contributed by atoms with Crippen LogP contribution < -0.4 is 5.56 Å². The van der Waals surface area contributed by atoms with Crippen molar-refractivity contribution in [2.24, 2.45) is 0 Å². The largest absolute Gasteiger partial charge is 0.286 e. The van der Waals surface area contributed by atoms with Gasteiger partial charge in [-0.2, -0.15) is 5.10 Å². The zero-order valence-electron chi connectivity index (χ0n) is 8.70. The molecule has 0 bridgehead atoms. The average molecular weight is 236 g/mol. The van der Waals surface area contributed by atoms with Crippen LogP contribution in [0.3, 0.4) is 0 Å². The van der Waals surface area contributed by atoms with Crippen molar-refractivity contribution >= 4 is 11.6 Å². The molecule has 0 unspecified atom stereocenters. The summed E-state index contributed by atoms with van der Waals surface area (Å²) in [6.07, 6.45) is 0.482. The fourth-order valence-electron chi connectivity index (χ4n) is 1.38. The van der Waals surface area contributed by atoms with Gasteiger partial charge in [-0.05, 0) is 24.6 Å². The quantitative estimate of drug-likeness (QED) is 0.862. The molecule has 82 valence electrons. The molecule has 1 aromatic heterocycles. The number of benzene rings is 1. The summed E-state index contributed by atoms with van der Waals surface area (Å²) < 4.78 is 0. The van der Waals surface area contributed by atoms with E-state index in [1.54, 1.807) is 19.1 Å². The predicted octanol–water partition coefficient (Wildman–Crippen LogP) is 1.72. The highest BCUT2D eigenvalue weighted by Gasteiger charge is 2.04. The lowest BCUT2D eigenvalue weighted by Crippen LogP contribution is -2.18. The average Bonchev–Trinajstić information content (AvgIpc) is 2.27. The van der Waals surface area contributed by atoms with Gasteiger partial charge in [0.05, 0.1) is 0 Å². The molecule has 2 aromatic rings. The van der Waals surface area contributed by atoms with Crippen molar-refractivity contribution in [3.63, 3.8) is 0 Å². The topological polar surface area (TPSA) is 58.6 Å². The standard InChI is InChI=1S/C11H10ClN3O/c1-7-13-10(11(16)15-14-7)6-8-2-4-9(12)5-3-8/h2-5H,6H2,1H3,(H,15,16). The number of nitrogens with zero attached hydrogens (tertiary/aromatic N) is 2. The minimum Gasteiger partial charge on any atom is -0.266 e. The molecule has 1 N–H and O–H groups in total. The monoisotopic (exact) mass is 235 g/mol. The van der Waals surface area contributed by atoms with Gasteiger partial charge < -0.3 is 0 Å². The first-order valence-corrected chi connectivity index (χ1v) is 5.19. The maximum Gasteiger partial charge on any atom is 0.286 e. The van der Waals surface area contributed by atoms with Crippen molar-refractivity contribution in [2.45, 2.75) is 13.3 Å². The van der Waals surface area contributed by atoms with Crippen LogP contribution in [0.2, 0.25) is 5.02 Å². The Bertz CT molecular complexity index is 548. The molecular formula is C11H10ClN3O. The fourth-order valence-corrected chi connectivity index (χ4v) is 1.51. The lowest BCUT2D eigenvalue weighted by molar-refractivity contribution is 0.831. The second kappa shape index (κ2) is 4.45. The highest BCUT2D eigenvalue weighted by molar-refractivity contribution is 6.30. The molecule has 0 amide bonds. The van der Waals surface area contributed by atoms with Crippen molar-refractivity contribution in [1.29, 1.82) is 0 Å². The Hall–Kier alpha value is -1.68. The third-order valence-electron chi connectivity index (χ3n) is 2.16. The van der Waals surface area contributed by atoms with E-state index < -0.39 is 0 Å².